The minimum Gasteiger partial charge on any atom is -0.478 e. The van der Waals surface area contributed by atoms with Crippen LogP contribution < -0.4 is 10.6 Å². The fraction of sp³-hybridized carbons (Fsp3) is 0.160. The largest absolute Gasteiger partial charge is 0.478 e. The lowest BCUT2D eigenvalue weighted by Gasteiger charge is -2.19. The second-order valence-electron chi connectivity index (χ2n) is 7.60. The molecule has 34 heavy (non-hydrogen) atoms. The van der Waals surface area contributed by atoms with E-state index >= 15 is 0 Å². The number of anilines is 1. The van der Waals surface area contributed by atoms with Crippen LogP contribution in [0.2, 0.25) is 0 Å². The smallest absolute Gasteiger partial charge is 0.335 e. The standard InChI is InChI=1S/C25H22N2O6S/c1-15-11-19(24(34-15)27-22(28)17-7-9-18(10-8-17)25(30)31)23(29)26-20(21-13-32-14-33-21)12-16-5-3-2-4-6-16/h2-11,13,20H,12,14H2,1H3,(H,26,29)(H,27,28)(H,30,31). The number of hydrogen-bond acceptors (Lipinski definition) is 6. The van der Waals surface area contributed by atoms with Gasteiger partial charge in [-0.25, -0.2) is 4.79 Å². The molecule has 2 heterocycles. The molecule has 3 N–H and O–H groups in total. The number of hydrogen-bond donors (Lipinski definition) is 3. The zero-order chi connectivity index (χ0) is 24.1. The summed E-state index contributed by atoms with van der Waals surface area (Å²) >= 11 is 1.28. The number of carbonyl (C=O) groups excluding carboxylic acids is 2. The number of thiophene rings is 1. The molecular weight excluding hydrogens is 456 g/mol. The van der Waals surface area contributed by atoms with Gasteiger partial charge in [0, 0.05) is 16.9 Å². The normalized spacial score (nSPS) is 13.3. The maximum absolute atomic E-state index is 13.2. The Hall–Kier alpha value is -4.11. The van der Waals surface area contributed by atoms with Crippen LogP contribution in [0, 0.1) is 6.92 Å². The van der Waals surface area contributed by atoms with Crippen LogP contribution in [0.25, 0.3) is 0 Å². The van der Waals surface area contributed by atoms with E-state index < -0.39 is 17.9 Å². The third-order valence-corrected chi connectivity index (χ3v) is 6.11. The molecule has 0 fully saturated rings. The lowest BCUT2D eigenvalue weighted by molar-refractivity contribution is 0.0696. The molecule has 0 spiro atoms. The molecular formula is C25H22N2O6S. The molecule has 174 valence electrons. The molecule has 1 aliphatic rings. The van der Waals surface area contributed by atoms with E-state index in [0.717, 1.165) is 10.4 Å². The highest BCUT2D eigenvalue weighted by atomic mass is 32.1. The summed E-state index contributed by atoms with van der Waals surface area (Å²) in [4.78, 5) is 37.8. The first-order valence-corrected chi connectivity index (χ1v) is 11.3. The van der Waals surface area contributed by atoms with E-state index in [-0.39, 0.29) is 23.8 Å². The van der Waals surface area contributed by atoms with Crippen LogP contribution in [0.15, 0.2) is 72.7 Å². The van der Waals surface area contributed by atoms with Crippen LogP contribution in [-0.4, -0.2) is 35.7 Å². The highest BCUT2D eigenvalue weighted by molar-refractivity contribution is 7.16. The molecule has 3 aromatic rings. The van der Waals surface area contributed by atoms with Crippen LogP contribution in [0.4, 0.5) is 5.00 Å². The average Bonchev–Trinajstić information content (AvgIpc) is 3.49. The van der Waals surface area contributed by atoms with Crippen LogP contribution in [0.3, 0.4) is 0 Å². The van der Waals surface area contributed by atoms with Crippen molar-refractivity contribution < 1.29 is 29.0 Å². The number of carboxylic acids is 1. The molecule has 9 heteroatoms. The third-order valence-electron chi connectivity index (χ3n) is 5.15. The number of carboxylic acid groups (broad SMARTS) is 1. The summed E-state index contributed by atoms with van der Waals surface area (Å²) in [5.74, 6) is -1.35. The molecule has 1 aliphatic heterocycles. The Bertz CT molecular complexity index is 1230. The van der Waals surface area contributed by atoms with Gasteiger partial charge in [-0.2, -0.15) is 0 Å². The van der Waals surface area contributed by atoms with Gasteiger partial charge in [0.2, 0.25) is 6.79 Å². The zero-order valence-corrected chi connectivity index (χ0v) is 19.1. The number of nitrogens with one attached hydrogen (secondary N) is 2. The molecule has 2 aromatic carbocycles. The van der Waals surface area contributed by atoms with Crippen molar-refractivity contribution in [3.8, 4) is 0 Å². The number of rotatable bonds is 8. The van der Waals surface area contributed by atoms with E-state index in [4.69, 9.17) is 14.6 Å². The SMILES string of the molecule is Cc1cc(C(=O)NC(Cc2ccccc2)C2=COCO2)c(NC(=O)c2ccc(C(=O)O)cc2)s1. The van der Waals surface area contributed by atoms with Crippen LogP contribution in [-0.2, 0) is 15.9 Å². The van der Waals surface area contributed by atoms with E-state index in [1.54, 1.807) is 6.07 Å². The molecule has 0 saturated carbocycles. The van der Waals surface area contributed by atoms with Gasteiger partial charge in [-0.15, -0.1) is 11.3 Å². The first kappa shape index (κ1) is 23.1. The highest BCUT2D eigenvalue weighted by Crippen LogP contribution is 2.29. The average molecular weight is 479 g/mol. The number of carbonyl (C=O) groups is 3. The lowest BCUT2D eigenvalue weighted by Crippen LogP contribution is -2.38. The summed E-state index contributed by atoms with van der Waals surface area (Å²) in [6.07, 6.45) is 2.00. The van der Waals surface area contributed by atoms with Crippen molar-refractivity contribution in [1.82, 2.24) is 5.32 Å². The monoisotopic (exact) mass is 478 g/mol. The Morgan fingerprint density at radius 3 is 2.38 bits per heavy atom. The van der Waals surface area contributed by atoms with Crippen molar-refractivity contribution in [3.63, 3.8) is 0 Å². The number of aromatic carboxylic acids is 1. The summed E-state index contributed by atoms with van der Waals surface area (Å²) < 4.78 is 10.7. The van der Waals surface area contributed by atoms with E-state index in [1.165, 1.54) is 41.9 Å². The number of aryl methyl sites for hydroxylation is 1. The summed E-state index contributed by atoms with van der Waals surface area (Å²) in [5, 5.41) is 15.2. The van der Waals surface area contributed by atoms with Crippen molar-refractivity contribution in [2.45, 2.75) is 19.4 Å². The van der Waals surface area contributed by atoms with Crippen LogP contribution in [0.1, 0.15) is 41.5 Å². The molecule has 4 rings (SSSR count). The van der Waals surface area contributed by atoms with E-state index in [1.807, 2.05) is 37.3 Å². The predicted molar refractivity (Wildman–Crippen MR) is 127 cm³/mol. The van der Waals surface area contributed by atoms with Gasteiger partial charge in [0.15, 0.2) is 5.76 Å². The lowest BCUT2D eigenvalue weighted by atomic mass is 10.0. The Kier molecular flexibility index (Phi) is 6.93. The summed E-state index contributed by atoms with van der Waals surface area (Å²) in [6.45, 7) is 1.94. The second-order valence-corrected chi connectivity index (χ2v) is 8.86. The van der Waals surface area contributed by atoms with Crippen LogP contribution >= 0.6 is 11.3 Å². The number of amides is 2. The fourth-order valence-electron chi connectivity index (χ4n) is 3.46. The van der Waals surface area contributed by atoms with Gasteiger partial charge in [-0.1, -0.05) is 30.3 Å². The van der Waals surface area contributed by atoms with Gasteiger partial charge >= 0.3 is 5.97 Å². The minimum absolute atomic E-state index is 0.0838. The van der Waals surface area contributed by atoms with E-state index in [2.05, 4.69) is 10.6 Å². The molecule has 1 atom stereocenters. The third kappa shape index (κ3) is 5.44. The molecule has 8 nitrogen and oxygen atoms in total. The first-order chi connectivity index (χ1) is 16.4. The van der Waals surface area contributed by atoms with Crippen molar-refractivity contribution in [2.24, 2.45) is 0 Å². The molecule has 1 unspecified atom stereocenters. The Balaban J connectivity index is 1.51. The van der Waals surface area contributed by atoms with Gasteiger partial charge in [-0.05, 0) is 42.8 Å². The molecule has 0 radical (unpaired) electrons. The first-order valence-electron chi connectivity index (χ1n) is 10.4. The van der Waals surface area contributed by atoms with Gasteiger partial charge < -0.3 is 25.2 Å². The highest BCUT2D eigenvalue weighted by Gasteiger charge is 2.25. The van der Waals surface area contributed by atoms with Gasteiger partial charge in [0.1, 0.15) is 11.3 Å². The molecule has 2 amide bonds. The Labute approximate surface area is 199 Å². The van der Waals surface area contributed by atoms with Gasteiger partial charge in [-0.3, -0.25) is 9.59 Å². The summed E-state index contributed by atoms with van der Waals surface area (Å²) in [6, 6.07) is 16.5. The number of ether oxygens (including phenoxy) is 2. The van der Waals surface area contributed by atoms with E-state index in [9.17, 15) is 14.4 Å². The van der Waals surface area contributed by atoms with E-state index in [0.29, 0.717) is 22.7 Å². The van der Waals surface area contributed by atoms with Crippen LogP contribution in [0.5, 0.6) is 0 Å². The molecule has 1 aromatic heterocycles. The summed E-state index contributed by atoms with van der Waals surface area (Å²) in [5.41, 5.74) is 1.71. The number of benzene rings is 2. The summed E-state index contributed by atoms with van der Waals surface area (Å²) in [7, 11) is 0. The van der Waals surface area contributed by atoms with Crippen molar-refractivity contribution in [2.75, 3.05) is 12.1 Å². The maximum atomic E-state index is 13.2. The van der Waals surface area contributed by atoms with Gasteiger partial charge in [0.05, 0.1) is 17.2 Å². The Morgan fingerprint density at radius 2 is 1.74 bits per heavy atom. The fourth-order valence-corrected chi connectivity index (χ4v) is 4.36. The zero-order valence-electron chi connectivity index (χ0n) is 18.2. The predicted octanol–water partition coefficient (Wildman–Crippen LogP) is 4.19. The Morgan fingerprint density at radius 1 is 1.03 bits per heavy atom. The molecule has 0 aliphatic carbocycles. The quantitative estimate of drug-likeness (QED) is 0.447. The molecule has 0 bridgehead atoms. The van der Waals surface area contributed by atoms with Crippen molar-refractivity contribution >= 4 is 34.1 Å². The topological polar surface area (TPSA) is 114 Å². The maximum Gasteiger partial charge on any atom is 0.335 e. The second kappa shape index (κ2) is 10.2. The molecule has 0 saturated heterocycles. The van der Waals surface area contributed by atoms with Gasteiger partial charge in [0.25, 0.3) is 11.8 Å². The van der Waals surface area contributed by atoms with Crippen molar-refractivity contribution in [3.05, 3.63) is 99.8 Å². The van der Waals surface area contributed by atoms with Crippen molar-refractivity contribution in [1.29, 1.82) is 0 Å². The minimum atomic E-state index is -1.07.